The maximum atomic E-state index is 4.81. The van der Waals surface area contributed by atoms with Crippen molar-refractivity contribution in [2.24, 2.45) is 0 Å². The summed E-state index contributed by atoms with van der Waals surface area (Å²) in [7, 11) is 0. The predicted octanol–water partition coefficient (Wildman–Crippen LogP) is 10.3. The van der Waals surface area contributed by atoms with Crippen LogP contribution >= 0.6 is 23.1 Å². The molecule has 0 saturated heterocycles. The van der Waals surface area contributed by atoms with Gasteiger partial charge < -0.3 is 9.88 Å². The van der Waals surface area contributed by atoms with E-state index in [0.717, 1.165) is 22.4 Å². The van der Waals surface area contributed by atoms with E-state index < -0.39 is 0 Å². The molecule has 5 heteroatoms. The Hall–Kier alpha value is -4.06. The lowest BCUT2D eigenvalue weighted by Gasteiger charge is -2.21. The first-order valence-electron chi connectivity index (χ1n) is 12.7. The summed E-state index contributed by atoms with van der Waals surface area (Å²) in [5, 5.41) is 7.40. The third-order valence-corrected chi connectivity index (χ3v) is 9.22. The molecule has 0 spiro atoms. The normalized spacial score (nSPS) is 12.5. The Morgan fingerprint density at radius 3 is 2.39 bits per heavy atom. The molecule has 0 saturated carbocycles. The molecule has 0 fully saturated rings. The van der Waals surface area contributed by atoms with Crippen molar-refractivity contribution in [2.75, 3.05) is 5.32 Å². The molecule has 0 bridgehead atoms. The van der Waals surface area contributed by atoms with Gasteiger partial charge in [0.25, 0.3) is 0 Å². The Morgan fingerprint density at radius 1 is 0.684 bits per heavy atom. The molecule has 0 amide bonds. The Bertz CT molecular complexity index is 2010. The zero-order chi connectivity index (χ0) is 25.6. The quantitative estimate of drug-likeness (QED) is 0.215. The molecule has 4 heterocycles. The van der Waals surface area contributed by atoms with Crippen LogP contribution in [0.2, 0.25) is 0 Å². The van der Waals surface area contributed by atoms with Crippen LogP contribution in [0, 0.1) is 0 Å². The van der Waals surface area contributed by atoms with E-state index >= 15 is 0 Å². The molecule has 0 aliphatic carbocycles. The summed E-state index contributed by atoms with van der Waals surface area (Å²) in [4.78, 5) is 7.30. The van der Waals surface area contributed by atoms with Crippen molar-refractivity contribution >= 4 is 76.6 Å². The number of fused-ring (bicyclic) bond motifs is 8. The molecule has 1 aliphatic heterocycles. The van der Waals surface area contributed by atoms with Crippen LogP contribution in [0.3, 0.4) is 0 Å². The number of anilines is 2. The highest BCUT2D eigenvalue weighted by atomic mass is 32.2. The van der Waals surface area contributed by atoms with Crippen LogP contribution in [0.1, 0.15) is 13.8 Å². The molecule has 0 atom stereocenters. The van der Waals surface area contributed by atoms with Crippen LogP contribution in [0.5, 0.6) is 0 Å². The Morgan fingerprint density at radius 2 is 1.50 bits per heavy atom. The highest BCUT2D eigenvalue weighted by Crippen LogP contribution is 2.46. The lowest BCUT2D eigenvalue weighted by atomic mass is 10.1. The largest absolute Gasteiger partial charge is 0.354 e. The fraction of sp³-hybridized carbons (Fsp3) is 0.0606. The van der Waals surface area contributed by atoms with Gasteiger partial charge in [0.1, 0.15) is 0 Å². The van der Waals surface area contributed by atoms with Crippen LogP contribution in [-0.2, 0) is 0 Å². The molecule has 3 aromatic heterocycles. The SMILES string of the molecule is C/C=C\C.c1ccc2c(c1)Nc1ccc(-n3c4cc5sc6ccccc6c5cc4c4ncccc43)cc1S2. The summed E-state index contributed by atoms with van der Waals surface area (Å²) in [5.74, 6) is 0. The molecule has 7 aromatic rings. The third kappa shape index (κ3) is 3.70. The standard InChI is InChI=1S/C29H17N3S2.C4H8/c1-3-9-25-18(6-1)19-15-20-24(16-27(19)33-25)32(23-8-5-13-30-29(20)23)17-11-12-22-28(14-17)34-26-10-4-2-7-21(26)31-22;1-3-4-2/h1-16,31H;3-4H,1-2H3/b;4-3-. The van der Waals surface area contributed by atoms with Crippen LogP contribution in [0.25, 0.3) is 47.8 Å². The molecular weight excluding hydrogens is 503 g/mol. The number of rotatable bonds is 1. The fourth-order valence-electron chi connectivity index (χ4n) is 5.09. The van der Waals surface area contributed by atoms with Gasteiger partial charge in [-0.25, -0.2) is 0 Å². The lowest BCUT2D eigenvalue weighted by molar-refractivity contribution is 1.15. The van der Waals surface area contributed by atoms with Gasteiger partial charge in [-0.1, -0.05) is 54.2 Å². The number of hydrogen-bond acceptors (Lipinski definition) is 4. The number of allylic oxidation sites excluding steroid dienone is 2. The zero-order valence-electron chi connectivity index (χ0n) is 21.1. The van der Waals surface area contributed by atoms with E-state index in [1.807, 2.05) is 61.4 Å². The summed E-state index contributed by atoms with van der Waals surface area (Å²) in [6.07, 6.45) is 5.89. The average Bonchev–Trinajstić information content (AvgIpc) is 3.49. The number of nitrogens with zero attached hydrogens (tertiary/aromatic N) is 2. The Labute approximate surface area is 229 Å². The van der Waals surface area contributed by atoms with E-state index in [4.69, 9.17) is 4.98 Å². The van der Waals surface area contributed by atoms with E-state index in [2.05, 4.69) is 94.8 Å². The van der Waals surface area contributed by atoms with E-state index in [0.29, 0.717) is 0 Å². The number of thiophene rings is 1. The monoisotopic (exact) mass is 527 g/mol. The van der Waals surface area contributed by atoms with Gasteiger partial charge in [-0.3, -0.25) is 4.98 Å². The van der Waals surface area contributed by atoms with E-state index in [1.165, 1.54) is 46.6 Å². The molecule has 0 radical (unpaired) electrons. The van der Waals surface area contributed by atoms with Gasteiger partial charge in [0.15, 0.2) is 0 Å². The number of aromatic nitrogens is 2. The van der Waals surface area contributed by atoms with Crippen LogP contribution in [0.15, 0.2) is 119 Å². The summed E-state index contributed by atoms with van der Waals surface area (Å²) in [5.41, 5.74) is 6.85. The van der Waals surface area contributed by atoms with E-state index in [9.17, 15) is 0 Å². The minimum atomic E-state index is 1.04. The fourth-order valence-corrected chi connectivity index (χ4v) is 7.23. The molecule has 1 N–H and O–H groups in total. The average molecular weight is 528 g/mol. The van der Waals surface area contributed by atoms with Gasteiger partial charge >= 0.3 is 0 Å². The van der Waals surface area contributed by atoms with Gasteiger partial charge in [-0.05, 0) is 74.5 Å². The van der Waals surface area contributed by atoms with Crippen LogP contribution < -0.4 is 5.32 Å². The first-order chi connectivity index (χ1) is 18.7. The molecule has 184 valence electrons. The number of nitrogens with one attached hydrogen (secondary N) is 1. The van der Waals surface area contributed by atoms with Crippen molar-refractivity contribution in [1.29, 1.82) is 0 Å². The predicted molar refractivity (Wildman–Crippen MR) is 166 cm³/mol. The van der Waals surface area contributed by atoms with Gasteiger partial charge in [-0.15, -0.1) is 11.3 Å². The van der Waals surface area contributed by atoms with Crippen LogP contribution in [0.4, 0.5) is 11.4 Å². The second kappa shape index (κ2) is 9.35. The molecule has 1 aliphatic rings. The third-order valence-electron chi connectivity index (χ3n) is 6.95. The smallest absolute Gasteiger partial charge is 0.0963 e. The minimum Gasteiger partial charge on any atom is -0.354 e. The summed E-state index contributed by atoms with van der Waals surface area (Å²) in [6.45, 7) is 4.00. The molecule has 3 nitrogen and oxygen atoms in total. The van der Waals surface area contributed by atoms with Crippen molar-refractivity contribution in [3.05, 3.63) is 109 Å². The summed E-state index contributed by atoms with van der Waals surface area (Å²) in [6, 6.07) is 32.7. The first kappa shape index (κ1) is 23.1. The Kier molecular flexibility index (Phi) is 5.68. The number of pyridine rings is 1. The maximum absolute atomic E-state index is 4.81. The second-order valence-electron chi connectivity index (χ2n) is 9.24. The number of hydrogen-bond donors (Lipinski definition) is 1. The van der Waals surface area contributed by atoms with Crippen molar-refractivity contribution in [1.82, 2.24) is 9.55 Å². The summed E-state index contributed by atoms with van der Waals surface area (Å²) >= 11 is 3.68. The van der Waals surface area contributed by atoms with E-state index in [-0.39, 0.29) is 0 Å². The maximum Gasteiger partial charge on any atom is 0.0963 e. The van der Waals surface area contributed by atoms with Gasteiger partial charge in [0, 0.05) is 47.2 Å². The summed E-state index contributed by atoms with van der Waals surface area (Å²) < 4.78 is 4.99. The van der Waals surface area contributed by atoms with Crippen molar-refractivity contribution in [3.63, 3.8) is 0 Å². The topological polar surface area (TPSA) is 29.9 Å². The van der Waals surface area contributed by atoms with Crippen LogP contribution in [-0.4, -0.2) is 9.55 Å². The highest BCUT2D eigenvalue weighted by Gasteiger charge is 2.19. The number of para-hydroxylation sites is 1. The van der Waals surface area contributed by atoms with Crippen molar-refractivity contribution < 1.29 is 0 Å². The van der Waals surface area contributed by atoms with Gasteiger partial charge in [0.05, 0.1) is 27.9 Å². The molecule has 4 aromatic carbocycles. The van der Waals surface area contributed by atoms with Crippen molar-refractivity contribution in [2.45, 2.75) is 23.6 Å². The second-order valence-corrected chi connectivity index (χ2v) is 11.4. The lowest BCUT2D eigenvalue weighted by Crippen LogP contribution is -2.01. The first-order valence-corrected chi connectivity index (χ1v) is 14.3. The minimum absolute atomic E-state index is 1.04. The number of benzene rings is 4. The zero-order valence-corrected chi connectivity index (χ0v) is 22.7. The molecule has 38 heavy (non-hydrogen) atoms. The highest BCUT2D eigenvalue weighted by molar-refractivity contribution is 7.99. The van der Waals surface area contributed by atoms with Crippen molar-refractivity contribution in [3.8, 4) is 5.69 Å². The molecule has 0 unspecified atom stereocenters. The molecule has 8 rings (SSSR count). The Balaban J connectivity index is 0.000000569. The van der Waals surface area contributed by atoms with Gasteiger partial charge in [0.2, 0.25) is 0 Å². The van der Waals surface area contributed by atoms with E-state index in [1.54, 1.807) is 0 Å². The van der Waals surface area contributed by atoms with Gasteiger partial charge in [-0.2, -0.15) is 0 Å². The molecular formula is C33H25N3S2.